The van der Waals surface area contributed by atoms with Crippen molar-refractivity contribution in [3.8, 4) is 0 Å². The summed E-state index contributed by atoms with van der Waals surface area (Å²) < 4.78 is 40.0. The lowest BCUT2D eigenvalue weighted by Crippen LogP contribution is -2.52. The number of carbonyl (C=O) groups excluding carboxylic acids is 2. The number of nitrogens with one attached hydrogen (secondary N) is 1. The molecule has 1 N–H and O–H groups in total. The lowest BCUT2D eigenvalue weighted by molar-refractivity contribution is -0.139. The maximum atomic E-state index is 14.4. The molecule has 0 fully saturated rings. The summed E-state index contributed by atoms with van der Waals surface area (Å²) >= 11 is 0. The first-order valence-electron chi connectivity index (χ1n) is 10.8. The second kappa shape index (κ2) is 11.3. The van der Waals surface area contributed by atoms with Crippen LogP contribution >= 0.6 is 0 Å². The van der Waals surface area contributed by atoms with Gasteiger partial charge in [-0.1, -0.05) is 48.9 Å². The van der Waals surface area contributed by atoms with Gasteiger partial charge in [-0.15, -0.1) is 0 Å². The summed E-state index contributed by atoms with van der Waals surface area (Å²) in [6, 6.07) is 11.9. The van der Waals surface area contributed by atoms with Crippen molar-refractivity contribution in [3.05, 3.63) is 65.5 Å². The predicted molar refractivity (Wildman–Crippen MR) is 128 cm³/mol. The zero-order valence-corrected chi connectivity index (χ0v) is 20.5. The summed E-state index contributed by atoms with van der Waals surface area (Å²) in [6.45, 7) is 6.78. The van der Waals surface area contributed by atoms with Gasteiger partial charge in [-0.25, -0.2) is 12.8 Å². The van der Waals surface area contributed by atoms with E-state index >= 15 is 0 Å². The van der Waals surface area contributed by atoms with Crippen LogP contribution < -0.4 is 9.62 Å². The molecule has 9 heteroatoms. The molecular formula is C24H32FN3O4S. The third-order valence-electron chi connectivity index (χ3n) is 5.40. The fourth-order valence-corrected chi connectivity index (χ4v) is 4.15. The summed E-state index contributed by atoms with van der Waals surface area (Å²) in [5.41, 5.74) is 1.56. The van der Waals surface area contributed by atoms with Crippen molar-refractivity contribution in [2.24, 2.45) is 0 Å². The number of hydrogen-bond acceptors (Lipinski definition) is 4. The first kappa shape index (κ1) is 26.3. The van der Waals surface area contributed by atoms with E-state index in [4.69, 9.17) is 0 Å². The number of anilines is 1. The van der Waals surface area contributed by atoms with Gasteiger partial charge in [-0.2, -0.15) is 0 Å². The summed E-state index contributed by atoms with van der Waals surface area (Å²) in [5.74, 6) is -1.72. The van der Waals surface area contributed by atoms with Crippen molar-refractivity contribution in [3.63, 3.8) is 0 Å². The molecule has 2 atom stereocenters. The van der Waals surface area contributed by atoms with Gasteiger partial charge in [0.05, 0.1) is 11.9 Å². The number of rotatable bonds is 10. The van der Waals surface area contributed by atoms with E-state index in [1.54, 1.807) is 6.92 Å². The Balaban J connectivity index is 2.40. The number of amides is 2. The van der Waals surface area contributed by atoms with Crippen molar-refractivity contribution in [2.45, 2.75) is 52.7 Å². The number of aryl methyl sites for hydroxylation is 1. The number of nitrogens with zero attached hydrogens (tertiary/aromatic N) is 2. The Morgan fingerprint density at radius 1 is 1.09 bits per heavy atom. The molecule has 7 nitrogen and oxygen atoms in total. The maximum absolute atomic E-state index is 14.4. The quantitative estimate of drug-likeness (QED) is 0.569. The Bertz CT molecular complexity index is 1090. The van der Waals surface area contributed by atoms with Gasteiger partial charge in [-0.3, -0.25) is 13.9 Å². The standard InChI is InChI=1S/C24H32FN3O4S/c1-6-18(3)26-24(30)19(4)27(15-20-11-9-10-17(2)14-20)23(29)16-28(33(5,31)32)22-13-8-7-12-21(22)25/h7-14,18-19H,6,15-16H2,1-5H3,(H,26,30)/t18-,19+/m1/s1. The molecule has 0 aromatic heterocycles. The van der Waals surface area contributed by atoms with Gasteiger partial charge in [0.1, 0.15) is 18.4 Å². The molecule has 2 aromatic rings. The number of carbonyl (C=O) groups is 2. The molecule has 2 amide bonds. The highest BCUT2D eigenvalue weighted by Crippen LogP contribution is 2.22. The normalized spacial score (nSPS) is 13.2. The zero-order chi connectivity index (χ0) is 24.8. The van der Waals surface area contributed by atoms with Crippen LogP contribution in [-0.2, 0) is 26.2 Å². The minimum Gasteiger partial charge on any atom is -0.352 e. The summed E-state index contributed by atoms with van der Waals surface area (Å²) in [4.78, 5) is 27.5. The van der Waals surface area contributed by atoms with Crippen LogP contribution in [0.5, 0.6) is 0 Å². The van der Waals surface area contributed by atoms with Gasteiger partial charge in [0, 0.05) is 12.6 Å². The first-order valence-corrected chi connectivity index (χ1v) is 12.7. The smallest absolute Gasteiger partial charge is 0.244 e. The van der Waals surface area contributed by atoms with Crippen LogP contribution in [0.1, 0.15) is 38.3 Å². The molecule has 0 radical (unpaired) electrons. The zero-order valence-electron chi connectivity index (χ0n) is 19.7. The Kier molecular flexibility index (Phi) is 8.99. The average molecular weight is 478 g/mol. The Labute approximate surface area is 195 Å². The Morgan fingerprint density at radius 3 is 2.33 bits per heavy atom. The molecule has 0 bridgehead atoms. The molecule has 33 heavy (non-hydrogen) atoms. The molecular weight excluding hydrogens is 445 g/mol. The monoisotopic (exact) mass is 477 g/mol. The fraction of sp³-hybridized carbons (Fsp3) is 0.417. The Morgan fingerprint density at radius 2 is 1.76 bits per heavy atom. The third-order valence-corrected chi connectivity index (χ3v) is 6.53. The molecule has 0 aliphatic heterocycles. The SMILES string of the molecule is CC[C@@H](C)NC(=O)[C@H](C)N(Cc1cccc(C)c1)C(=O)CN(c1ccccc1F)S(C)(=O)=O. The Hall–Kier alpha value is -2.94. The summed E-state index contributed by atoms with van der Waals surface area (Å²) in [5, 5.41) is 2.86. The van der Waals surface area contributed by atoms with E-state index in [-0.39, 0.29) is 24.2 Å². The number of sulfonamides is 1. The molecule has 2 aromatic carbocycles. The van der Waals surface area contributed by atoms with Crippen LogP contribution in [0.25, 0.3) is 0 Å². The molecule has 0 spiro atoms. The largest absolute Gasteiger partial charge is 0.352 e. The summed E-state index contributed by atoms with van der Waals surface area (Å²) in [6.07, 6.45) is 1.64. The lowest BCUT2D eigenvalue weighted by Gasteiger charge is -2.32. The van der Waals surface area contributed by atoms with Crippen LogP contribution in [0.2, 0.25) is 0 Å². The van der Waals surface area contributed by atoms with Crippen LogP contribution in [0.15, 0.2) is 48.5 Å². The highest BCUT2D eigenvalue weighted by Gasteiger charge is 2.31. The number of para-hydroxylation sites is 1. The summed E-state index contributed by atoms with van der Waals surface area (Å²) in [7, 11) is -3.97. The number of halogens is 1. The molecule has 2 rings (SSSR count). The fourth-order valence-electron chi connectivity index (χ4n) is 3.30. The van der Waals surface area contributed by atoms with E-state index in [1.165, 1.54) is 23.1 Å². The molecule has 0 saturated carbocycles. The van der Waals surface area contributed by atoms with Crippen LogP contribution in [0.3, 0.4) is 0 Å². The number of benzene rings is 2. The molecule has 0 saturated heterocycles. The van der Waals surface area contributed by atoms with Gasteiger partial charge >= 0.3 is 0 Å². The highest BCUT2D eigenvalue weighted by molar-refractivity contribution is 7.92. The van der Waals surface area contributed by atoms with Crippen molar-refractivity contribution in [2.75, 3.05) is 17.1 Å². The van der Waals surface area contributed by atoms with Gasteiger partial charge in [0.15, 0.2) is 0 Å². The van der Waals surface area contributed by atoms with E-state index in [2.05, 4.69) is 5.32 Å². The highest BCUT2D eigenvalue weighted by atomic mass is 32.2. The minimum absolute atomic E-state index is 0.0817. The average Bonchev–Trinajstić information content (AvgIpc) is 2.75. The van der Waals surface area contributed by atoms with Gasteiger partial charge in [0.2, 0.25) is 21.8 Å². The molecule has 0 unspecified atom stereocenters. The van der Waals surface area contributed by atoms with E-state index < -0.39 is 34.3 Å². The van der Waals surface area contributed by atoms with Gasteiger partial charge in [-0.05, 0) is 44.9 Å². The second-order valence-electron chi connectivity index (χ2n) is 8.23. The molecule has 0 heterocycles. The molecule has 0 aliphatic rings. The van der Waals surface area contributed by atoms with E-state index in [9.17, 15) is 22.4 Å². The van der Waals surface area contributed by atoms with Crippen LogP contribution in [-0.4, -0.2) is 50.0 Å². The first-order chi connectivity index (χ1) is 15.4. The van der Waals surface area contributed by atoms with Crippen molar-refractivity contribution in [1.29, 1.82) is 0 Å². The third kappa shape index (κ3) is 7.28. The van der Waals surface area contributed by atoms with Crippen molar-refractivity contribution in [1.82, 2.24) is 10.2 Å². The molecule has 180 valence electrons. The second-order valence-corrected chi connectivity index (χ2v) is 10.1. The molecule has 0 aliphatic carbocycles. The number of hydrogen-bond donors (Lipinski definition) is 1. The predicted octanol–water partition coefficient (Wildman–Crippen LogP) is 3.23. The topological polar surface area (TPSA) is 86.8 Å². The van der Waals surface area contributed by atoms with E-state index in [0.717, 1.165) is 34.2 Å². The van der Waals surface area contributed by atoms with Crippen LogP contribution in [0.4, 0.5) is 10.1 Å². The van der Waals surface area contributed by atoms with Crippen LogP contribution in [0, 0.1) is 12.7 Å². The van der Waals surface area contributed by atoms with E-state index in [1.807, 2.05) is 45.0 Å². The maximum Gasteiger partial charge on any atom is 0.244 e. The van der Waals surface area contributed by atoms with Crippen molar-refractivity contribution >= 4 is 27.5 Å². The van der Waals surface area contributed by atoms with Crippen molar-refractivity contribution < 1.29 is 22.4 Å². The minimum atomic E-state index is -3.97. The van der Waals surface area contributed by atoms with E-state index in [0.29, 0.717) is 0 Å². The lowest BCUT2D eigenvalue weighted by atomic mass is 10.1. The van der Waals surface area contributed by atoms with Gasteiger partial charge < -0.3 is 10.2 Å². The van der Waals surface area contributed by atoms with Gasteiger partial charge in [0.25, 0.3) is 0 Å².